The van der Waals surface area contributed by atoms with Crippen molar-refractivity contribution in [3.63, 3.8) is 0 Å². The van der Waals surface area contributed by atoms with Gasteiger partial charge in [0.05, 0.1) is 11.7 Å². The predicted molar refractivity (Wildman–Crippen MR) is 108 cm³/mol. The van der Waals surface area contributed by atoms with Crippen LogP contribution in [0.25, 0.3) is 16.7 Å². The zero-order chi connectivity index (χ0) is 21.0. The van der Waals surface area contributed by atoms with Crippen molar-refractivity contribution in [2.24, 2.45) is 5.73 Å². The van der Waals surface area contributed by atoms with E-state index >= 15 is 0 Å². The molecule has 29 heavy (non-hydrogen) atoms. The molecule has 10 heteroatoms. The lowest BCUT2D eigenvalue weighted by Crippen LogP contribution is -2.34. The second kappa shape index (κ2) is 8.82. The van der Waals surface area contributed by atoms with Crippen LogP contribution < -0.4 is 22.1 Å². The fourth-order valence-corrected chi connectivity index (χ4v) is 3.08. The maximum Gasteiger partial charge on any atom is 0.354 e. The van der Waals surface area contributed by atoms with E-state index in [0.717, 1.165) is 11.1 Å². The molecule has 0 saturated carbocycles. The first kappa shape index (κ1) is 20.5. The largest absolute Gasteiger partial charge is 0.370 e. The molecule has 0 saturated heterocycles. The van der Waals surface area contributed by atoms with E-state index in [1.54, 1.807) is 30.5 Å². The maximum absolute atomic E-state index is 13.5. The molecule has 8 nitrogen and oxygen atoms in total. The van der Waals surface area contributed by atoms with E-state index in [9.17, 15) is 13.6 Å². The molecule has 0 fully saturated rings. The van der Waals surface area contributed by atoms with Gasteiger partial charge in [0, 0.05) is 23.8 Å². The van der Waals surface area contributed by atoms with Crippen LogP contribution in [-0.4, -0.2) is 40.0 Å². The highest BCUT2D eigenvalue weighted by atomic mass is 19.3. The minimum absolute atomic E-state index is 0.149. The van der Waals surface area contributed by atoms with Gasteiger partial charge in [0.15, 0.2) is 5.96 Å². The van der Waals surface area contributed by atoms with Gasteiger partial charge in [-0.3, -0.25) is 9.98 Å². The summed E-state index contributed by atoms with van der Waals surface area (Å²) in [5, 5.41) is 13.3. The van der Waals surface area contributed by atoms with Crippen LogP contribution in [-0.2, 0) is 0 Å². The van der Waals surface area contributed by atoms with Crippen LogP contribution in [0.15, 0.2) is 41.3 Å². The van der Waals surface area contributed by atoms with Crippen molar-refractivity contribution in [3.05, 3.63) is 58.3 Å². The van der Waals surface area contributed by atoms with Gasteiger partial charge in [-0.1, -0.05) is 12.1 Å². The summed E-state index contributed by atoms with van der Waals surface area (Å²) in [4.78, 5) is 19.3. The number of alkyl halides is 2. The van der Waals surface area contributed by atoms with Crippen LogP contribution in [0.3, 0.4) is 0 Å². The van der Waals surface area contributed by atoms with Crippen molar-refractivity contribution in [2.45, 2.75) is 25.8 Å². The fraction of sp³-hybridized carbons (Fsp3) is 0.316. The molecule has 0 aliphatic carbocycles. The van der Waals surface area contributed by atoms with Gasteiger partial charge in [-0.15, -0.1) is 0 Å². The molecule has 2 aromatic heterocycles. The predicted octanol–water partition coefficient (Wildman–Crippen LogP) is 1.79. The number of nitrogens with one attached hydrogen (secondary N) is 4. The van der Waals surface area contributed by atoms with Crippen LogP contribution in [0.5, 0.6) is 0 Å². The Morgan fingerprint density at radius 2 is 2.03 bits per heavy atom. The first-order chi connectivity index (χ1) is 13.8. The second-order valence-corrected chi connectivity index (χ2v) is 6.70. The molecule has 0 bridgehead atoms. The third kappa shape index (κ3) is 4.96. The molecule has 1 atom stereocenters. The molecule has 154 valence electrons. The van der Waals surface area contributed by atoms with E-state index < -0.39 is 18.2 Å². The van der Waals surface area contributed by atoms with Crippen LogP contribution in [0.4, 0.5) is 8.78 Å². The summed E-state index contributed by atoms with van der Waals surface area (Å²) >= 11 is 0. The Labute approximate surface area is 165 Å². The van der Waals surface area contributed by atoms with Gasteiger partial charge in [-0.25, -0.2) is 13.6 Å². The van der Waals surface area contributed by atoms with Gasteiger partial charge in [0.2, 0.25) is 0 Å². The molecule has 3 aromatic rings. The maximum atomic E-state index is 13.5. The van der Waals surface area contributed by atoms with Crippen LogP contribution >= 0.6 is 0 Å². The lowest BCUT2D eigenvalue weighted by molar-refractivity contribution is 0.0983. The topological polar surface area (TPSA) is 125 Å². The molecule has 1 aromatic carbocycles. The monoisotopic (exact) mass is 403 g/mol. The number of aryl methyl sites for hydroxylation is 1. The highest BCUT2D eigenvalue weighted by Crippen LogP contribution is 2.22. The van der Waals surface area contributed by atoms with Gasteiger partial charge in [0.1, 0.15) is 5.65 Å². The fourth-order valence-electron chi connectivity index (χ4n) is 3.08. The molecule has 3 rings (SSSR count). The van der Waals surface area contributed by atoms with Crippen LogP contribution in [0, 0.1) is 12.3 Å². The zero-order valence-corrected chi connectivity index (χ0v) is 15.9. The molecular weight excluding hydrogens is 380 g/mol. The molecular formula is C19H23F2N7O. The van der Waals surface area contributed by atoms with E-state index in [4.69, 9.17) is 11.1 Å². The first-order valence-electron chi connectivity index (χ1n) is 9.14. The number of benzene rings is 1. The Hall–Kier alpha value is -3.27. The number of hydrogen-bond acceptors (Lipinski definition) is 4. The van der Waals surface area contributed by atoms with Crippen molar-refractivity contribution in [1.82, 2.24) is 25.2 Å². The number of guanidine groups is 1. The van der Waals surface area contributed by atoms with Gasteiger partial charge in [-0.05, 0) is 43.7 Å². The summed E-state index contributed by atoms with van der Waals surface area (Å²) in [6.07, 6.45) is -0.378. The number of nitrogens with two attached hydrogens (primary N) is 1. The molecule has 0 radical (unpaired) electrons. The third-order valence-corrected chi connectivity index (χ3v) is 4.46. The number of fused-ring (bicyclic) bond motifs is 1. The molecule has 0 amide bonds. The molecule has 6 N–H and O–H groups in total. The molecule has 0 aliphatic heterocycles. The third-order valence-electron chi connectivity index (χ3n) is 4.46. The Bertz CT molecular complexity index is 1040. The molecule has 0 spiro atoms. The summed E-state index contributed by atoms with van der Waals surface area (Å²) in [6, 6.07) is 7.14. The van der Waals surface area contributed by atoms with Crippen LogP contribution in [0.1, 0.15) is 23.7 Å². The average molecular weight is 403 g/mol. The number of rotatable bonds is 8. The van der Waals surface area contributed by atoms with E-state index in [0.29, 0.717) is 36.4 Å². The Kier molecular flexibility index (Phi) is 6.23. The number of H-pyrrole nitrogens is 1. The summed E-state index contributed by atoms with van der Waals surface area (Å²) in [5.41, 5.74) is 7.10. The van der Waals surface area contributed by atoms with E-state index in [1.807, 2.05) is 13.0 Å². The standard InChI is InChI=1S/C19H23F2N7O/c1-11-9-13-10-28(19(29)27-17(13)26-11)14-5-3-12(4-6-14)15(16(20)21)24-7-2-8-25-18(22)23/h3-6,9-10,15-16,24H,2,7-8H2,1H3,(H4,22,23,25)(H,26,27,29). The first-order valence-corrected chi connectivity index (χ1v) is 9.14. The van der Waals surface area contributed by atoms with Gasteiger partial charge >= 0.3 is 5.69 Å². The average Bonchev–Trinajstić information content (AvgIpc) is 3.02. The van der Waals surface area contributed by atoms with E-state index in [-0.39, 0.29) is 5.96 Å². The van der Waals surface area contributed by atoms with Crippen molar-refractivity contribution in [3.8, 4) is 5.69 Å². The number of nitrogens with zero attached hydrogens (tertiary/aromatic N) is 2. The number of aromatic amines is 1. The quantitative estimate of drug-likeness (QED) is 0.223. The summed E-state index contributed by atoms with van der Waals surface area (Å²) in [7, 11) is 0. The van der Waals surface area contributed by atoms with Crippen LogP contribution in [0.2, 0.25) is 0 Å². The number of aromatic nitrogens is 3. The second-order valence-electron chi connectivity index (χ2n) is 6.70. The van der Waals surface area contributed by atoms with Crippen molar-refractivity contribution in [2.75, 3.05) is 13.1 Å². The lowest BCUT2D eigenvalue weighted by Gasteiger charge is -2.19. The van der Waals surface area contributed by atoms with Gasteiger partial charge in [-0.2, -0.15) is 4.98 Å². The number of halogens is 2. The summed E-state index contributed by atoms with van der Waals surface area (Å²) in [5.74, 6) is -0.149. The molecule has 2 heterocycles. The highest BCUT2D eigenvalue weighted by Gasteiger charge is 2.21. The minimum Gasteiger partial charge on any atom is -0.370 e. The lowest BCUT2D eigenvalue weighted by atomic mass is 10.1. The zero-order valence-electron chi connectivity index (χ0n) is 15.9. The van der Waals surface area contributed by atoms with E-state index in [1.165, 1.54) is 4.57 Å². The van der Waals surface area contributed by atoms with Gasteiger partial charge < -0.3 is 21.4 Å². The Morgan fingerprint density at radius 1 is 1.31 bits per heavy atom. The summed E-state index contributed by atoms with van der Waals surface area (Å²) in [6.45, 7) is 2.64. The normalized spacial score (nSPS) is 12.4. The molecule has 1 unspecified atom stereocenters. The number of hydrogen-bond donors (Lipinski definition) is 5. The van der Waals surface area contributed by atoms with Gasteiger partial charge in [0.25, 0.3) is 6.43 Å². The smallest absolute Gasteiger partial charge is 0.354 e. The van der Waals surface area contributed by atoms with Crippen molar-refractivity contribution < 1.29 is 8.78 Å². The summed E-state index contributed by atoms with van der Waals surface area (Å²) < 4.78 is 28.4. The highest BCUT2D eigenvalue weighted by molar-refractivity contribution is 5.75. The van der Waals surface area contributed by atoms with E-state index in [2.05, 4.69) is 20.6 Å². The SMILES string of the molecule is Cc1cc2cn(-c3ccc(C(NCCCNC(=N)N)C(F)F)cc3)c(=O)nc2[nH]1. The van der Waals surface area contributed by atoms with Crippen molar-refractivity contribution >= 4 is 17.0 Å². The Balaban J connectivity index is 1.74. The minimum atomic E-state index is -2.59. The Morgan fingerprint density at radius 3 is 2.69 bits per heavy atom. The molecule has 0 aliphatic rings. The van der Waals surface area contributed by atoms with Crippen molar-refractivity contribution in [1.29, 1.82) is 5.41 Å².